The highest BCUT2D eigenvalue weighted by Gasteiger charge is 2.34. The molecule has 0 unspecified atom stereocenters. The maximum absolute atomic E-state index is 11.0. The second-order valence-corrected chi connectivity index (χ2v) is 5.50. The summed E-state index contributed by atoms with van der Waals surface area (Å²) in [5.74, 6) is 0.213. The maximum atomic E-state index is 11.0. The van der Waals surface area contributed by atoms with Crippen molar-refractivity contribution in [2.24, 2.45) is 5.92 Å². The Morgan fingerprint density at radius 3 is 2.44 bits per heavy atom. The fourth-order valence-corrected chi connectivity index (χ4v) is 2.60. The van der Waals surface area contributed by atoms with Crippen molar-refractivity contribution in [1.82, 2.24) is 4.90 Å². The van der Waals surface area contributed by atoms with Gasteiger partial charge in [0.2, 0.25) is 0 Å². The first kappa shape index (κ1) is 15.2. The third-order valence-corrected chi connectivity index (χ3v) is 3.83. The minimum atomic E-state index is -0.727. The van der Waals surface area contributed by atoms with Gasteiger partial charge in [-0.25, -0.2) is 0 Å². The highest BCUT2D eigenvalue weighted by Crippen LogP contribution is 2.33. The van der Waals surface area contributed by atoms with E-state index >= 15 is 0 Å². The summed E-state index contributed by atoms with van der Waals surface area (Å²) in [7, 11) is 4.10. The summed E-state index contributed by atoms with van der Waals surface area (Å²) in [6.45, 7) is 7.22. The molecule has 2 heteroatoms. The van der Waals surface area contributed by atoms with E-state index in [9.17, 15) is 5.11 Å². The van der Waals surface area contributed by atoms with Crippen LogP contribution in [0, 0.1) is 5.92 Å². The molecule has 0 heterocycles. The van der Waals surface area contributed by atoms with E-state index in [1.54, 1.807) is 0 Å². The number of nitrogens with zero attached hydrogens (tertiary/aromatic N) is 1. The van der Waals surface area contributed by atoms with Crippen LogP contribution in [0.25, 0.3) is 0 Å². The van der Waals surface area contributed by atoms with Crippen LogP contribution in [0.3, 0.4) is 0 Å². The van der Waals surface area contributed by atoms with Gasteiger partial charge < -0.3 is 10.0 Å². The predicted octanol–water partition coefficient (Wildman–Crippen LogP) is 3.04. The highest BCUT2D eigenvalue weighted by molar-refractivity contribution is 5.29. The van der Waals surface area contributed by atoms with Crippen molar-refractivity contribution in [3.63, 3.8) is 0 Å². The summed E-state index contributed by atoms with van der Waals surface area (Å²) in [6, 6.07) is 8.37. The molecular weight excluding hydrogens is 222 g/mol. The van der Waals surface area contributed by atoms with Crippen LogP contribution in [-0.2, 0) is 12.0 Å². The average Bonchev–Trinajstić information content (AvgIpc) is 2.37. The van der Waals surface area contributed by atoms with Crippen LogP contribution in [0.2, 0.25) is 0 Å². The minimum Gasteiger partial charge on any atom is -0.385 e. The molecule has 18 heavy (non-hydrogen) atoms. The molecule has 0 radical (unpaired) electrons. The molecule has 0 aliphatic heterocycles. The van der Waals surface area contributed by atoms with Crippen LogP contribution < -0.4 is 0 Å². The van der Waals surface area contributed by atoms with Gasteiger partial charge in [-0.3, -0.25) is 0 Å². The molecule has 2 atom stereocenters. The zero-order chi connectivity index (χ0) is 13.8. The molecule has 0 spiro atoms. The molecule has 0 aliphatic rings. The first-order valence-corrected chi connectivity index (χ1v) is 6.90. The fraction of sp³-hybridized carbons (Fsp3) is 0.625. The Morgan fingerprint density at radius 1 is 1.28 bits per heavy atom. The molecule has 0 saturated carbocycles. The third kappa shape index (κ3) is 3.33. The molecule has 0 saturated heterocycles. The second-order valence-electron chi connectivity index (χ2n) is 5.50. The first-order valence-electron chi connectivity index (χ1n) is 6.90. The van der Waals surface area contributed by atoms with Crippen molar-refractivity contribution in [3.05, 3.63) is 35.4 Å². The lowest BCUT2D eigenvalue weighted by atomic mass is 9.79. The fourth-order valence-electron chi connectivity index (χ4n) is 2.60. The molecule has 1 rings (SSSR count). The molecule has 0 fully saturated rings. The van der Waals surface area contributed by atoms with Crippen molar-refractivity contribution in [1.29, 1.82) is 0 Å². The lowest BCUT2D eigenvalue weighted by Gasteiger charge is -2.35. The molecule has 0 aromatic heterocycles. The summed E-state index contributed by atoms with van der Waals surface area (Å²) in [5.41, 5.74) is 1.62. The van der Waals surface area contributed by atoms with Gasteiger partial charge in [-0.1, -0.05) is 45.0 Å². The maximum Gasteiger partial charge on any atom is 0.0931 e. The highest BCUT2D eigenvalue weighted by atomic mass is 16.3. The molecule has 102 valence electrons. The molecule has 0 amide bonds. The Kier molecular flexibility index (Phi) is 5.36. The normalized spacial score (nSPS) is 16.6. The standard InChI is InChI=1S/C16H27NO/c1-6-14-9-8-10-15(11-14)16(18,7-2)13(3)12-17(4)5/h8-11,13,18H,6-7,12H2,1-5H3/t13-,16+/m0/s1. The zero-order valence-electron chi connectivity index (χ0n) is 12.4. The number of hydrogen-bond donors (Lipinski definition) is 1. The van der Waals surface area contributed by atoms with Gasteiger partial charge in [0.15, 0.2) is 0 Å². The van der Waals surface area contributed by atoms with E-state index in [0.717, 1.165) is 24.9 Å². The van der Waals surface area contributed by atoms with Crippen molar-refractivity contribution in [2.75, 3.05) is 20.6 Å². The van der Waals surface area contributed by atoms with Crippen LogP contribution in [0.4, 0.5) is 0 Å². The van der Waals surface area contributed by atoms with Crippen LogP contribution in [0.15, 0.2) is 24.3 Å². The van der Waals surface area contributed by atoms with Gasteiger partial charge in [-0.05, 0) is 38.1 Å². The second kappa shape index (κ2) is 6.35. The largest absolute Gasteiger partial charge is 0.385 e. The Balaban J connectivity index is 3.05. The van der Waals surface area contributed by atoms with Crippen LogP contribution in [0.5, 0.6) is 0 Å². The van der Waals surface area contributed by atoms with Gasteiger partial charge in [0, 0.05) is 12.5 Å². The Bertz CT molecular complexity index is 375. The third-order valence-electron chi connectivity index (χ3n) is 3.83. The van der Waals surface area contributed by atoms with E-state index in [2.05, 4.69) is 64.0 Å². The van der Waals surface area contributed by atoms with Gasteiger partial charge >= 0.3 is 0 Å². The van der Waals surface area contributed by atoms with Crippen LogP contribution in [0.1, 0.15) is 38.3 Å². The topological polar surface area (TPSA) is 23.5 Å². The zero-order valence-corrected chi connectivity index (χ0v) is 12.4. The molecule has 2 nitrogen and oxygen atoms in total. The molecule has 1 N–H and O–H groups in total. The number of aryl methyl sites for hydroxylation is 1. The predicted molar refractivity (Wildman–Crippen MR) is 77.7 cm³/mol. The van der Waals surface area contributed by atoms with Gasteiger partial charge in [0.05, 0.1) is 5.60 Å². The summed E-state index contributed by atoms with van der Waals surface area (Å²) >= 11 is 0. The van der Waals surface area contributed by atoms with Crippen molar-refractivity contribution in [2.45, 2.75) is 39.2 Å². The van der Waals surface area contributed by atoms with Gasteiger partial charge in [0.25, 0.3) is 0 Å². The lowest BCUT2D eigenvalue weighted by Crippen LogP contribution is -2.38. The van der Waals surface area contributed by atoms with E-state index in [1.807, 2.05) is 0 Å². The Morgan fingerprint density at radius 2 is 1.94 bits per heavy atom. The smallest absolute Gasteiger partial charge is 0.0931 e. The van der Waals surface area contributed by atoms with Gasteiger partial charge in [-0.15, -0.1) is 0 Å². The molecular formula is C16H27NO. The number of benzene rings is 1. The summed E-state index contributed by atoms with van der Waals surface area (Å²) in [5, 5.41) is 11.0. The minimum absolute atomic E-state index is 0.213. The monoisotopic (exact) mass is 249 g/mol. The quantitative estimate of drug-likeness (QED) is 0.837. The van der Waals surface area contributed by atoms with Crippen LogP contribution in [-0.4, -0.2) is 30.6 Å². The molecule has 0 bridgehead atoms. The van der Waals surface area contributed by atoms with Crippen LogP contribution >= 0.6 is 0 Å². The van der Waals surface area contributed by atoms with E-state index in [1.165, 1.54) is 5.56 Å². The summed E-state index contributed by atoms with van der Waals surface area (Å²) in [6.07, 6.45) is 1.75. The summed E-state index contributed by atoms with van der Waals surface area (Å²) < 4.78 is 0. The van der Waals surface area contributed by atoms with Crippen molar-refractivity contribution in [3.8, 4) is 0 Å². The number of hydrogen-bond acceptors (Lipinski definition) is 2. The van der Waals surface area contributed by atoms with Crippen molar-refractivity contribution >= 4 is 0 Å². The average molecular weight is 249 g/mol. The lowest BCUT2D eigenvalue weighted by molar-refractivity contribution is -0.0292. The molecule has 1 aromatic rings. The van der Waals surface area contributed by atoms with E-state index in [4.69, 9.17) is 0 Å². The van der Waals surface area contributed by atoms with Gasteiger partial charge in [0.1, 0.15) is 0 Å². The Labute approximate surface area is 112 Å². The molecule has 0 aliphatic carbocycles. The van der Waals surface area contributed by atoms with Crippen molar-refractivity contribution < 1.29 is 5.11 Å². The summed E-state index contributed by atoms with van der Waals surface area (Å²) in [4.78, 5) is 2.13. The number of rotatable bonds is 6. The van der Waals surface area contributed by atoms with E-state index < -0.39 is 5.60 Å². The van der Waals surface area contributed by atoms with E-state index in [-0.39, 0.29) is 5.92 Å². The first-order chi connectivity index (χ1) is 8.43. The number of aliphatic hydroxyl groups is 1. The SMILES string of the molecule is CCc1cccc([C@@](O)(CC)[C@@H](C)CN(C)C)c1. The van der Waals surface area contributed by atoms with Gasteiger partial charge in [-0.2, -0.15) is 0 Å². The Hall–Kier alpha value is -0.860. The van der Waals surface area contributed by atoms with E-state index in [0.29, 0.717) is 0 Å². The molecule has 1 aromatic carbocycles.